The average molecular weight is 249 g/mol. The highest BCUT2D eigenvalue weighted by atomic mass is 19.3. The number of halogens is 4. The van der Waals surface area contributed by atoms with E-state index in [1.807, 2.05) is 0 Å². The van der Waals surface area contributed by atoms with E-state index in [-0.39, 0.29) is 12.1 Å². The minimum atomic E-state index is -4.07. The Hall–Kier alpha value is -1.10. The van der Waals surface area contributed by atoms with E-state index in [0.29, 0.717) is 6.42 Å². The summed E-state index contributed by atoms with van der Waals surface area (Å²) in [7, 11) is 0. The molecule has 0 heterocycles. The lowest BCUT2D eigenvalue weighted by Crippen LogP contribution is -2.42. The van der Waals surface area contributed by atoms with E-state index in [2.05, 4.69) is 5.32 Å². The maximum atomic E-state index is 13.4. The number of nitrogens with one attached hydrogen (secondary N) is 1. The SMILES string of the molecule is CCCNC(c1ccccc1)C(F)(F)C(F)F. The van der Waals surface area contributed by atoms with Crippen LogP contribution in [0.4, 0.5) is 17.6 Å². The van der Waals surface area contributed by atoms with Crippen LogP contribution in [0.3, 0.4) is 0 Å². The van der Waals surface area contributed by atoms with Gasteiger partial charge in [-0.2, -0.15) is 8.78 Å². The van der Waals surface area contributed by atoms with Crippen molar-refractivity contribution in [1.29, 1.82) is 0 Å². The fraction of sp³-hybridized carbons (Fsp3) is 0.500. The standard InChI is InChI=1S/C12H15F4N/c1-2-8-17-10(12(15,16)11(13)14)9-6-4-3-5-7-9/h3-7,10-11,17H,2,8H2,1H3. The first-order valence-corrected chi connectivity index (χ1v) is 5.44. The predicted molar refractivity (Wildman–Crippen MR) is 58.4 cm³/mol. The van der Waals surface area contributed by atoms with Crippen LogP contribution in [0.5, 0.6) is 0 Å². The van der Waals surface area contributed by atoms with E-state index >= 15 is 0 Å². The molecule has 0 aliphatic heterocycles. The molecule has 0 aromatic heterocycles. The van der Waals surface area contributed by atoms with E-state index in [4.69, 9.17) is 0 Å². The van der Waals surface area contributed by atoms with Gasteiger partial charge in [-0.25, -0.2) is 8.78 Å². The van der Waals surface area contributed by atoms with Gasteiger partial charge in [0.2, 0.25) is 0 Å². The molecule has 1 N–H and O–H groups in total. The van der Waals surface area contributed by atoms with Crippen molar-refractivity contribution in [3.8, 4) is 0 Å². The molecule has 5 heteroatoms. The highest BCUT2D eigenvalue weighted by molar-refractivity contribution is 5.21. The minimum absolute atomic E-state index is 0.172. The lowest BCUT2D eigenvalue weighted by molar-refractivity contribution is -0.151. The van der Waals surface area contributed by atoms with Crippen LogP contribution in [-0.2, 0) is 0 Å². The quantitative estimate of drug-likeness (QED) is 0.759. The molecule has 0 bridgehead atoms. The third-order valence-corrected chi connectivity index (χ3v) is 2.41. The molecule has 1 aromatic carbocycles. The molecule has 1 rings (SSSR count). The van der Waals surface area contributed by atoms with E-state index in [9.17, 15) is 17.6 Å². The molecule has 0 aliphatic rings. The Morgan fingerprint density at radius 1 is 1.18 bits per heavy atom. The number of alkyl halides is 4. The second kappa shape index (κ2) is 6.00. The number of benzene rings is 1. The van der Waals surface area contributed by atoms with Crippen molar-refractivity contribution in [3.05, 3.63) is 35.9 Å². The zero-order valence-corrected chi connectivity index (χ0v) is 9.47. The molecule has 0 amide bonds. The Bertz CT molecular complexity index is 327. The van der Waals surface area contributed by atoms with Gasteiger partial charge >= 0.3 is 12.3 Å². The van der Waals surface area contributed by atoms with Crippen molar-refractivity contribution < 1.29 is 17.6 Å². The van der Waals surface area contributed by atoms with Crippen molar-refractivity contribution in [2.75, 3.05) is 6.54 Å². The van der Waals surface area contributed by atoms with Gasteiger partial charge in [-0.15, -0.1) is 0 Å². The van der Waals surface area contributed by atoms with Gasteiger partial charge in [0.1, 0.15) is 6.04 Å². The maximum absolute atomic E-state index is 13.4. The van der Waals surface area contributed by atoms with Crippen LogP contribution in [0.2, 0.25) is 0 Å². The second-order valence-corrected chi connectivity index (χ2v) is 3.77. The average Bonchev–Trinajstić information content (AvgIpc) is 2.30. The van der Waals surface area contributed by atoms with Crippen molar-refractivity contribution in [2.45, 2.75) is 31.7 Å². The normalized spacial score (nSPS) is 14.0. The first-order valence-electron chi connectivity index (χ1n) is 5.44. The van der Waals surface area contributed by atoms with E-state index in [0.717, 1.165) is 0 Å². The number of hydrogen-bond acceptors (Lipinski definition) is 1. The van der Waals surface area contributed by atoms with Crippen molar-refractivity contribution >= 4 is 0 Å². The molecule has 0 radical (unpaired) electrons. The van der Waals surface area contributed by atoms with Crippen LogP contribution in [-0.4, -0.2) is 18.9 Å². The maximum Gasteiger partial charge on any atom is 0.326 e. The third-order valence-electron chi connectivity index (χ3n) is 2.41. The summed E-state index contributed by atoms with van der Waals surface area (Å²) in [6.07, 6.45) is -3.08. The van der Waals surface area contributed by atoms with Crippen LogP contribution in [0.1, 0.15) is 24.9 Å². The van der Waals surface area contributed by atoms with E-state index < -0.39 is 18.4 Å². The second-order valence-electron chi connectivity index (χ2n) is 3.77. The van der Waals surface area contributed by atoms with Gasteiger partial charge in [0.05, 0.1) is 0 Å². The van der Waals surface area contributed by atoms with Crippen LogP contribution in [0, 0.1) is 0 Å². The molecule has 1 atom stereocenters. The molecule has 0 aliphatic carbocycles. The van der Waals surface area contributed by atoms with Gasteiger partial charge in [0.15, 0.2) is 0 Å². The van der Waals surface area contributed by atoms with Gasteiger partial charge in [-0.3, -0.25) is 0 Å². The van der Waals surface area contributed by atoms with E-state index in [1.54, 1.807) is 25.1 Å². The Kier molecular flexibility index (Phi) is 4.93. The highest BCUT2D eigenvalue weighted by Gasteiger charge is 2.49. The Morgan fingerprint density at radius 3 is 2.24 bits per heavy atom. The summed E-state index contributed by atoms with van der Waals surface area (Å²) in [6.45, 7) is 2.05. The first kappa shape index (κ1) is 14.0. The Morgan fingerprint density at radius 2 is 1.76 bits per heavy atom. The van der Waals surface area contributed by atoms with Gasteiger partial charge in [-0.1, -0.05) is 37.3 Å². The summed E-state index contributed by atoms with van der Waals surface area (Å²) in [5.41, 5.74) is 0.172. The third kappa shape index (κ3) is 3.43. The summed E-state index contributed by atoms with van der Waals surface area (Å²) in [4.78, 5) is 0. The molecule has 1 aromatic rings. The van der Waals surface area contributed by atoms with Crippen molar-refractivity contribution in [3.63, 3.8) is 0 Å². The van der Waals surface area contributed by atoms with Crippen molar-refractivity contribution in [1.82, 2.24) is 5.32 Å². The molecule has 0 spiro atoms. The van der Waals surface area contributed by atoms with Crippen LogP contribution in [0.15, 0.2) is 30.3 Å². The zero-order valence-electron chi connectivity index (χ0n) is 9.47. The largest absolute Gasteiger partial charge is 0.326 e. The van der Waals surface area contributed by atoms with Gasteiger partial charge in [0, 0.05) is 0 Å². The molecular formula is C12H15F4N. The summed E-state index contributed by atoms with van der Waals surface area (Å²) in [5.74, 6) is -4.07. The molecule has 0 fully saturated rings. The lowest BCUT2D eigenvalue weighted by atomic mass is 10.0. The van der Waals surface area contributed by atoms with Gasteiger partial charge in [0.25, 0.3) is 0 Å². The fourth-order valence-corrected chi connectivity index (χ4v) is 1.54. The van der Waals surface area contributed by atoms with Gasteiger partial charge < -0.3 is 5.32 Å². The number of hydrogen-bond donors (Lipinski definition) is 1. The molecular weight excluding hydrogens is 234 g/mol. The van der Waals surface area contributed by atoms with Crippen molar-refractivity contribution in [2.24, 2.45) is 0 Å². The monoisotopic (exact) mass is 249 g/mol. The highest BCUT2D eigenvalue weighted by Crippen LogP contribution is 2.36. The fourth-order valence-electron chi connectivity index (χ4n) is 1.54. The summed E-state index contributed by atoms with van der Waals surface area (Å²) in [6, 6.07) is 5.95. The summed E-state index contributed by atoms with van der Waals surface area (Å²) < 4.78 is 51.6. The Labute approximate surface area is 97.8 Å². The lowest BCUT2D eigenvalue weighted by Gasteiger charge is -2.27. The summed E-state index contributed by atoms with van der Waals surface area (Å²) in [5, 5.41) is 2.48. The molecule has 96 valence electrons. The van der Waals surface area contributed by atoms with Gasteiger partial charge in [-0.05, 0) is 18.5 Å². The predicted octanol–water partition coefficient (Wildman–Crippen LogP) is 3.63. The molecule has 1 unspecified atom stereocenters. The smallest absolute Gasteiger partial charge is 0.305 e. The Balaban J connectivity index is 2.96. The summed E-state index contributed by atoms with van der Waals surface area (Å²) >= 11 is 0. The molecule has 17 heavy (non-hydrogen) atoms. The van der Waals surface area contributed by atoms with Crippen LogP contribution >= 0.6 is 0 Å². The van der Waals surface area contributed by atoms with Crippen LogP contribution < -0.4 is 5.32 Å². The zero-order chi connectivity index (χ0) is 12.9. The molecule has 0 saturated heterocycles. The van der Waals surface area contributed by atoms with Crippen LogP contribution in [0.25, 0.3) is 0 Å². The topological polar surface area (TPSA) is 12.0 Å². The number of rotatable bonds is 6. The molecule has 0 saturated carbocycles. The van der Waals surface area contributed by atoms with E-state index in [1.165, 1.54) is 12.1 Å². The minimum Gasteiger partial charge on any atom is -0.305 e. The molecule has 1 nitrogen and oxygen atoms in total. The first-order chi connectivity index (χ1) is 8.00.